The Labute approximate surface area is 175 Å². The fourth-order valence-corrected chi connectivity index (χ4v) is 8.52. The summed E-state index contributed by atoms with van der Waals surface area (Å²) in [4.78, 5) is 12.6. The smallest absolute Gasteiger partial charge is 0.194 e. The van der Waals surface area contributed by atoms with Crippen molar-refractivity contribution in [1.29, 1.82) is 0 Å². The highest BCUT2D eigenvalue weighted by Crippen LogP contribution is 2.74. The maximum absolute atomic E-state index is 12.6. The van der Waals surface area contributed by atoms with E-state index in [1.807, 2.05) is 0 Å². The number of aliphatic hydroxyl groups excluding tert-OH is 2. The van der Waals surface area contributed by atoms with Gasteiger partial charge in [-0.1, -0.05) is 39.3 Å². The van der Waals surface area contributed by atoms with Gasteiger partial charge in [0.1, 0.15) is 11.7 Å². The van der Waals surface area contributed by atoms with Crippen LogP contribution in [0.1, 0.15) is 79.6 Å². The quantitative estimate of drug-likeness (QED) is 0.608. The number of rotatable bonds is 5. The first kappa shape index (κ1) is 21.5. The highest BCUT2D eigenvalue weighted by molar-refractivity contribution is 5.90. The third-order valence-corrected chi connectivity index (χ3v) is 9.90. The molecule has 3 fully saturated rings. The predicted molar refractivity (Wildman–Crippen MR) is 113 cm³/mol. The zero-order valence-electron chi connectivity index (χ0n) is 18.9. The summed E-state index contributed by atoms with van der Waals surface area (Å²) in [6.45, 7) is 10.2. The summed E-state index contributed by atoms with van der Waals surface area (Å²) in [5.41, 5.74) is 0.159. The molecule has 3 N–H and O–H groups in total. The number of carbonyl (C=O) groups excluding carboxylic acids is 1. The SMILES string of the molecule is CC1CCC23C1=CC1(C)CCC(C)(CC(O)C(=O)C(C)(O)CO)C1C2CCC3C. The molecule has 9 unspecified atom stereocenters. The molecule has 3 saturated carbocycles. The van der Waals surface area contributed by atoms with Crippen LogP contribution in [-0.2, 0) is 4.79 Å². The van der Waals surface area contributed by atoms with Crippen LogP contribution >= 0.6 is 0 Å². The Bertz CT molecular complexity index is 726. The summed E-state index contributed by atoms with van der Waals surface area (Å²) >= 11 is 0. The number of fused-ring (bicyclic) bond motifs is 2. The van der Waals surface area contributed by atoms with Crippen molar-refractivity contribution >= 4 is 5.78 Å². The lowest BCUT2D eigenvalue weighted by atomic mass is 9.50. The maximum Gasteiger partial charge on any atom is 0.194 e. The molecule has 0 aromatic carbocycles. The lowest BCUT2D eigenvalue weighted by molar-refractivity contribution is -0.151. The number of hydrogen-bond acceptors (Lipinski definition) is 4. The van der Waals surface area contributed by atoms with Crippen LogP contribution in [0.5, 0.6) is 0 Å². The lowest BCUT2D eigenvalue weighted by Crippen LogP contribution is -2.51. The van der Waals surface area contributed by atoms with Crippen LogP contribution in [0.3, 0.4) is 0 Å². The van der Waals surface area contributed by atoms with Gasteiger partial charge < -0.3 is 15.3 Å². The van der Waals surface area contributed by atoms with E-state index in [1.165, 1.54) is 32.6 Å². The summed E-state index contributed by atoms with van der Waals surface area (Å²) in [5.74, 6) is 1.82. The molecule has 0 bridgehead atoms. The Balaban J connectivity index is 1.70. The van der Waals surface area contributed by atoms with E-state index in [-0.39, 0.29) is 10.8 Å². The van der Waals surface area contributed by atoms with E-state index >= 15 is 0 Å². The van der Waals surface area contributed by atoms with E-state index in [0.29, 0.717) is 35.5 Å². The molecule has 0 amide bonds. The molecule has 164 valence electrons. The first-order valence-corrected chi connectivity index (χ1v) is 11.7. The van der Waals surface area contributed by atoms with E-state index < -0.39 is 24.1 Å². The van der Waals surface area contributed by atoms with Crippen molar-refractivity contribution in [3.05, 3.63) is 11.6 Å². The van der Waals surface area contributed by atoms with Crippen LogP contribution in [0, 0.1) is 39.9 Å². The Morgan fingerprint density at radius 1 is 1.21 bits per heavy atom. The molecule has 29 heavy (non-hydrogen) atoms. The molecule has 1 spiro atoms. The van der Waals surface area contributed by atoms with E-state index in [0.717, 1.165) is 12.8 Å². The fraction of sp³-hybridized carbons (Fsp3) is 0.880. The molecule has 0 aromatic heterocycles. The summed E-state index contributed by atoms with van der Waals surface area (Å²) < 4.78 is 0. The Kier molecular flexibility index (Phi) is 4.93. The predicted octanol–water partition coefficient (Wildman–Crippen LogP) is 3.87. The van der Waals surface area contributed by atoms with Crippen LogP contribution in [0.2, 0.25) is 0 Å². The second-order valence-electron chi connectivity index (χ2n) is 11.8. The van der Waals surface area contributed by atoms with Crippen LogP contribution in [0.4, 0.5) is 0 Å². The molecule has 0 aromatic rings. The van der Waals surface area contributed by atoms with Gasteiger partial charge in [0, 0.05) is 0 Å². The number of allylic oxidation sites excluding steroid dienone is 2. The average Bonchev–Trinajstić information content (AvgIpc) is 3.25. The minimum atomic E-state index is -1.87. The highest BCUT2D eigenvalue weighted by atomic mass is 16.3. The summed E-state index contributed by atoms with van der Waals surface area (Å²) in [6, 6.07) is 0. The number of carbonyl (C=O) groups is 1. The molecule has 9 atom stereocenters. The molecule has 4 rings (SSSR count). The molecular weight excluding hydrogens is 364 g/mol. The topological polar surface area (TPSA) is 77.8 Å². The zero-order chi connectivity index (χ0) is 21.4. The van der Waals surface area contributed by atoms with Crippen molar-refractivity contribution in [2.75, 3.05) is 6.61 Å². The second-order valence-corrected chi connectivity index (χ2v) is 11.8. The lowest BCUT2D eigenvalue weighted by Gasteiger charge is -2.54. The first-order chi connectivity index (χ1) is 13.4. The molecule has 4 aliphatic rings. The van der Waals surface area contributed by atoms with E-state index in [9.17, 15) is 20.1 Å². The van der Waals surface area contributed by atoms with Gasteiger partial charge in [-0.2, -0.15) is 0 Å². The second kappa shape index (κ2) is 6.64. The fourth-order valence-electron chi connectivity index (χ4n) is 8.52. The molecule has 0 radical (unpaired) electrons. The Morgan fingerprint density at radius 3 is 2.55 bits per heavy atom. The number of Topliss-reactive ketones (excluding diaryl/α,β-unsaturated/α-hetero) is 1. The van der Waals surface area contributed by atoms with Gasteiger partial charge >= 0.3 is 0 Å². The molecular formula is C25H40O4. The maximum atomic E-state index is 12.6. The molecule has 4 aliphatic carbocycles. The van der Waals surface area contributed by atoms with E-state index in [4.69, 9.17) is 0 Å². The van der Waals surface area contributed by atoms with E-state index in [2.05, 4.69) is 33.8 Å². The Hall–Kier alpha value is -0.710. The minimum Gasteiger partial charge on any atom is -0.393 e. The monoisotopic (exact) mass is 404 g/mol. The molecule has 4 heteroatoms. The van der Waals surface area contributed by atoms with Crippen molar-refractivity contribution in [3.8, 4) is 0 Å². The average molecular weight is 405 g/mol. The van der Waals surface area contributed by atoms with Crippen molar-refractivity contribution in [1.82, 2.24) is 0 Å². The number of ketones is 1. The minimum absolute atomic E-state index is 0.128. The first-order valence-electron chi connectivity index (χ1n) is 11.7. The van der Waals surface area contributed by atoms with Gasteiger partial charge in [-0.15, -0.1) is 0 Å². The molecule has 0 heterocycles. The summed E-state index contributed by atoms with van der Waals surface area (Å²) in [7, 11) is 0. The molecule has 0 aliphatic heterocycles. The van der Waals surface area contributed by atoms with Gasteiger partial charge in [0.25, 0.3) is 0 Å². The third kappa shape index (κ3) is 2.85. The van der Waals surface area contributed by atoms with Crippen LogP contribution in [0.25, 0.3) is 0 Å². The number of hydrogen-bond donors (Lipinski definition) is 3. The standard InChI is InChI=1S/C25H40O4/c1-15-8-9-25-16(2)6-7-17(25)20-22(3,12-18(15)25)10-11-23(20,4)13-19(27)21(28)24(5,29)14-26/h12,15-17,19-20,26-27,29H,6-11,13-14H2,1-5H3. The van der Waals surface area contributed by atoms with Crippen LogP contribution in [0.15, 0.2) is 11.6 Å². The van der Waals surface area contributed by atoms with E-state index in [1.54, 1.807) is 5.57 Å². The van der Waals surface area contributed by atoms with Gasteiger partial charge in [0.15, 0.2) is 5.78 Å². The molecule has 0 saturated heterocycles. The number of aliphatic hydroxyl groups is 3. The largest absolute Gasteiger partial charge is 0.393 e. The van der Waals surface area contributed by atoms with Crippen molar-refractivity contribution < 1.29 is 20.1 Å². The van der Waals surface area contributed by atoms with Gasteiger partial charge in [-0.25, -0.2) is 0 Å². The zero-order valence-corrected chi connectivity index (χ0v) is 18.9. The summed E-state index contributed by atoms with van der Waals surface area (Å²) in [6.07, 6.45) is 8.98. The summed E-state index contributed by atoms with van der Waals surface area (Å²) in [5, 5.41) is 30.3. The van der Waals surface area contributed by atoms with Crippen LogP contribution in [-0.4, -0.2) is 39.4 Å². The third-order valence-electron chi connectivity index (χ3n) is 9.90. The Morgan fingerprint density at radius 2 is 1.90 bits per heavy atom. The van der Waals surface area contributed by atoms with Gasteiger partial charge in [-0.3, -0.25) is 4.79 Å². The van der Waals surface area contributed by atoms with Gasteiger partial charge in [0.05, 0.1) is 6.61 Å². The normalized spacial score (nSPS) is 49.0. The van der Waals surface area contributed by atoms with Crippen LogP contribution < -0.4 is 0 Å². The highest BCUT2D eigenvalue weighted by Gasteiger charge is 2.67. The van der Waals surface area contributed by atoms with Gasteiger partial charge in [0.2, 0.25) is 0 Å². The van der Waals surface area contributed by atoms with Crippen molar-refractivity contribution in [2.45, 2.75) is 91.3 Å². The molecule has 4 nitrogen and oxygen atoms in total. The van der Waals surface area contributed by atoms with Crippen molar-refractivity contribution in [3.63, 3.8) is 0 Å². The van der Waals surface area contributed by atoms with Gasteiger partial charge in [-0.05, 0) is 91.8 Å². The van der Waals surface area contributed by atoms with Crippen molar-refractivity contribution in [2.24, 2.45) is 39.9 Å².